The predicted molar refractivity (Wildman–Crippen MR) is 62.6 cm³/mol. The quantitative estimate of drug-likeness (QED) is 0.899. The molecule has 1 N–H and O–H groups in total. The Bertz CT molecular complexity index is 386. The van der Waals surface area contributed by atoms with Gasteiger partial charge >= 0.3 is 6.18 Å². The molecule has 108 valence electrons. The molecule has 2 heterocycles. The van der Waals surface area contributed by atoms with Crippen LogP contribution in [0.4, 0.5) is 13.2 Å². The molecular weight excluding hydrogens is 259 g/mol. The van der Waals surface area contributed by atoms with Crippen molar-refractivity contribution in [3.05, 3.63) is 11.7 Å². The van der Waals surface area contributed by atoms with Crippen LogP contribution < -0.4 is 5.32 Å². The minimum absolute atomic E-state index is 0.143. The summed E-state index contributed by atoms with van der Waals surface area (Å²) in [6.07, 6.45) is -0.221. The van der Waals surface area contributed by atoms with Crippen LogP contribution in [0.25, 0.3) is 0 Å². The lowest BCUT2D eigenvalue weighted by Gasteiger charge is -2.22. The third-order valence-corrected chi connectivity index (χ3v) is 3.26. The van der Waals surface area contributed by atoms with Crippen LogP contribution in [0.1, 0.15) is 43.8 Å². The standard InChI is InChI=1S/C12H18F3N3O/c13-12(14,15)7-6-10-17-11(19-18-10)5-4-9-3-1-2-8-16-9/h9,16H,1-8H2. The van der Waals surface area contributed by atoms with Gasteiger partial charge in [0.15, 0.2) is 5.82 Å². The summed E-state index contributed by atoms with van der Waals surface area (Å²) >= 11 is 0. The lowest BCUT2D eigenvalue weighted by Crippen LogP contribution is -2.34. The van der Waals surface area contributed by atoms with Crippen molar-refractivity contribution >= 4 is 0 Å². The molecule has 1 aliphatic rings. The van der Waals surface area contributed by atoms with E-state index in [1.165, 1.54) is 12.8 Å². The van der Waals surface area contributed by atoms with Crippen molar-refractivity contribution in [1.82, 2.24) is 15.5 Å². The van der Waals surface area contributed by atoms with Gasteiger partial charge in [-0.3, -0.25) is 0 Å². The van der Waals surface area contributed by atoms with Crippen LogP contribution in [0.5, 0.6) is 0 Å². The maximum absolute atomic E-state index is 12.0. The van der Waals surface area contributed by atoms with E-state index >= 15 is 0 Å². The molecular formula is C12H18F3N3O. The lowest BCUT2D eigenvalue weighted by atomic mass is 10.0. The molecule has 1 aromatic rings. The Hall–Kier alpha value is -1.11. The monoisotopic (exact) mass is 277 g/mol. The molecule has 0 amide bonds. The zero-order valence-corrected chi connectivity index (χ0v) is 10.7. The van der Waals surface area contributed by atoms with Crippen LogP contribution in [0.15, 0.2) is 4.52 Å². The highest BCUT2D eigenvalue weighted by Gasteiger charge is 2.27. The highest BCUT2D eigenvalue weighted by atomic mass is 19.4. The summed E-state index contributed by atoms with van der Waals surface area (Å²) in [5.41, 5.74) is 0. The summed E-state index contributed by atoms with van der Waals surface area (Å²) < 4.78 is 41.1. The number of aryl methyl sites for hydroxylation is 2. The Morgan fingerprint density at radius 1 is 1.26 bits per heavy atom. The number of alkyl halides is 3. The molecule has 0 bridgehead atoms. The zero-order valence-electron chi connectivity index (χ0n) is 10.7. The summed E-state index contributed by atoms with van der Waals surface area (Å²) in [5, 5.41) is 6.98. The summed E-state index contributed by atoms with van der Waals surface area (Å²) in [6.45, 7) is 1.03. The number of hydrogen-bond donors (Lipinski definition) is 1. The molecule has 0 saturated carbocycles. The first-order valence-corrected chi connectivity index (χ1v) is 6.64. The number of piperidine rings is 1. The number of hydrogen-bond acceptors (Lipinski definition) is 4. The van der Waals surface area contributed by atoms with E-state index in [4.69, 9.17) is 4.52 Å². The average Bonchev–Trinajstić information content (AvgIpc) is 2.82. The van der Waals surface area contributed by atoms with E-state index in [1.807, 2.05) is 0 Å². The van der Waals surface area contributed by atoms with Crippen molar-refractivity contribution in [3.63, 3.8) is 0 Å². The van der Waals surface area contributed by atoms with Crippen molar-refractivity contribution in [1.29, 1.82) is 0 Å². The Balaban J connectivity index is 1.74. The first kappa shape index (κ1) is 14.3. The fourth-order valence-corrected chi connectivity index (χ4v) is 2.21. The van der Waals surface area contributed by atoms with Crippen molar-refractivity contribution < 1.29 is 17.7 Å². The van der Waals surface area contributed by atoms with Gasteiger partial charge in [-0.2, -0.15) is 18.2 Å². The molecule has 0 spiro atoms. The third-order valence-electron chi connectivity index (χ3n) is 3.26. The van der Waals surface area contributed by atoms with Gasteiger partial charge in [-0.05, 0) is 25.8 Å². The second-order valence-corrected chi connectivity index (χ2v) is 4.91. The van der Waals surface area contributed by atoms with Gasteiger partial charge in [-0.15, -0.1) is 0 Å². The van der Waals surface area contributed by atoms with E-state index < -0.39 is 12.6 Å². The second kappa shape index (κ2) is 6.36. The van der Waals surface area contributed by atoms with E-state index in [0.29, 0.717) is 18.4 Å². The Kier molecular flexibility index (Phi) is 4.79. The van der Waals surface area contributed by atoms with Crippen LogP contribution in [0, 0.1) is 0 Å². The fourth-order valence-electron chi connectivity index (χ4n) is 2.21. The first-order chi connectivity index (χ1) is 9.03. The molecule has 1 aromatic heterocycles. The van der Waals surface area contributed by atoms with Crippen LogP contribution in [0.2, 0.25) is 0 Å². The topological polar surface area (TPSA) is 51.0 Å². The molecule has 4 nitrogen and oxygen atoms in total. The first-order valence-electron chi connectivity index (χ1n) is 6.64. The van der Waals surface area contributed by atoms with Crippen molar-refractivity contribution in [2.75, 3.05) is 6.54 Å². The maximum atomic E-state index is 12.0. The Morgan fingerprint density at radius 3 is 2.79 bits per heavy atom. The molecule has 2 rings (SSSR count). The lowest BCUT2D eigenvalue weighted by molar-refractivity contribution is -0.134. The fraction of sp³-hybridized carbons (Fsp3) is 0.833. The van der Waals surface area contributed by atoms with Gasteiger partial charge < -0.3 is 9.84 Å². The van der Waals surface area contributed by atoms with Crippen molar-refractivity contribution in [2.45, 2.75) is 57.2 Å². The van der Waals surface area contributed by atoms with Gasteiger partial charge in [0, 0.05) is 18.9 Å². The van der Waals surface area contributed by atoms with Crippen LogP contribution in [-0.4, -0.2) is 28.9 Å². The molecule has 1 fully saturated rings. The van der Waals surface area contributed by atoms with Crippen molar-refractivity contribution in [3.8, 4) is 0 Å². The van der Waals surface area contributed by atoms with E-state index in [9.17, 15) is 13.2 Å². The van der Waals surface area contributed by atoms with E-state index in [-0.39, 0.29) is 12.2 Å². The number of nitrogens with one attached hydrogen (secondary N) is 1. The Labute approximate surface area is 109 Å². The molecule has 0 aromatic carbocycles. The highest BCUT2D eigenvalue weighted by molar-refractivity contribution is 4.88. The minimum Gasteiger partial charge on any atom is -0.339 e. The molecule has 19 heavy (non-hydrogen) atoms. The van der Waals surface area contributed by atoms with Gasteiger partial charge in [-0.25, -0.2) is 0 Å². The summed E-state index contributed by atoms with van der Waals surface area (Å²) in [7, 11) is 0. The van der Waals surface area contributed by atoms with Gasteiger partial charge in [0.25, 0.3) is 0 Å². The zero-order chi connectivity index (χ0) is 13.7. The molecule has 7 heteroatoms. The third kappa shape index (κ3) is 5.18. The predicted octanol–water partition coefficient (Wildman–Crippen LogP) is 2.64. The Morgan fingerprint density at radius 2 is 2.11 bits per heavy atom. The van der Waals surface area contributed by atoms with Crippen LogP contribution >= 0.6 is 0 Å². The molecule has 0 aliphatic carbocycles. The minimum atomic E-state index is -4.17. The molecule has 1 unspecified atom stereocenters. The largest absolute Gasteiger partial charge is 0.389 e. The van der Waals surface area contributed by atoms with Crippen LogP contribution in [0.3, 0.4) is 0 Å². The van der Waals surface area contributed by atoms with Crippen LogP contribution in [-0.2, 0) is 12.8 Å². The summed E-state index contributed by atoms with van der Waals surface area (Å²) in [6, 6.07) is 0.458. The smallest absolute Gasteiger partial charge is 0.339 e. The molecule has 1 atom stereocenters. The van der Waals surface area contributed by atoms with Gasteiger partial charge in [-0.1, -0.05) is 11.6 Å². The van der Waals surface area contributed by atoms with E-state index in [2.05, 4.69) is 15.5 Å². The van der Waals surface area contributed by atoms with Crippen molar-refractivity contribution in [2.24, 2.45) is 0 Å². The number of halogens is 3. The molecule has 0 radical (unpaired) electrons. The van der Waals surface area contributed by atoms with Gasteiger partial charge in [0.1, 0.15) is 0 Å². The maximum Gasteiger partial charge on any atom is 0.389 e. The average molecular weight is 277 g/mol. The number of nitrogens with zero attached hydrogens (tertiary/aromatic N) is 2. The summed E-state index contributed by atoms with van der Waals surface area (Å²) in [4.78, 5) is 3.99. The normalized spacial score (nSPS) is 20.7. The number of aromatic nitrogens is 2. The molecule has 1 aliphatic heterocycles. The molecule has 1 saturated heterocycles. The SMILES string of the molecule is FC(F)(F)CCc1noc(CCC2CCCCN2)n1. The van der Waals surface area contributed by atoms with E-state index in [0.717, 1.165) is 19.4 Å². The number of rotatable bonds is 5. The summed E-state index contributed by atoms with van der Waals surface area (Å²) in [5.74, 6) is 0.577. The second-order valence-electron chi connectivity index (χ2n) is 4.91. The van der Waals surface area contributed by atoms with Gasteiger partial charge in [0.2, 0.25) is 5.89 Å². The van der Waals surface area contributed by atoms with Gasteiger partial charge in [0.05, 0.1) is 6.42 Å². The van der Waals surface area contributed by atoms with E-state index in [1.54, 1.807) is 0 Å². The highest BCUT2D eigenvalue weighted by Crippen LogP contribution is 2.21.